The van der Waals surface area contributed by atoms with Crippen LogP contribution in [0.4, 0.5) is 0 Å². The number of ketones is 1. The van der Waals surface area contributed by atoms with Gasteiger partial charge < -0.3 is 0 Å². The van der Waals surface area contributed by atoms with Gasteiger partial charge in [-0.05, 0) is 43.0 Å². The minimum Gasteiger partial charge on any atom is -0.287 e. The largest absolute Gasteiger partial charge is 0.287 e. The molecular weight excluding hydrogens is 286 g/mol. The highest BCUT2D eigenvalue weighted by molar-refractivity contribution is 6.30. The number of benzene rings is 1. The average Bonchev–Trinajstić information content (AvgIpc) is 2.97. The first-order valence-electron chi connectivity index (χ1n) is 7.35. The zero-order chi connectivity index (χ0) is 14.8. The van der Waals surface area contributed by atoms with E-state index in [-0.39, 0.29) is 5.78 Å². The predicted octanol–water partition coefficient (Wildman–Crippen LogP) is 3.91. The van der Waals surface area contributed by atoms with Crippen molar-refractivity contribution in [3.05, 3.63) is 46.7 Å². The summed E-state index contributed by atoms with van der Waals surface area (Å²) in [4.78, 5) is 12.4. The maximum absolute atomic E-state index is 12.4. The molecule has 21 heavy (non-hydrogen) atoms. The molecule has 0 saturated heterocycles. The number of hydrogen-bond donors (Lipinski definition) is 0. The molecule has 0 bridgehead atoms. The van der Waals surface area contributed by atoms with Crippen LogP contribution in [0.5, 0.6) is 0 Å². The summed E-state index contributed by atoms with van der Waals surface area (Å²) >= 11 is 5.84. The van der Waals surface area contributed by atoms with Gasteiger partial charge in [0.1, 0.15) is 0 Å². The standard InChI is InChI=1S/C16H18ClN3O/c1-11-3-2-4-14(9-11)20-10-15(18-19-20)16(21)12-5-7-13(17)8-6-12/h5-8,10-11,14H,2-4,9H2,1H3. The van der Waals surface area contributed by atoms with Gasteiger partial charge in [0.25, 0.3) is 0 Å². The molecule has 5 heteroatoms. The van der Waals surface area contributed by atoms with Crippen LogP contribution in [0.1, 0.15) is 54.7 Å². The molecule has 2 atom stereocenters. The lowest BCUT2D eigenvalue weighted by Gasteiger charge is -2.26. The van der Waals surface area contributed by atoms with Crippen molar-refractivity contribution in [2.45, 2.75) is 38.6 Å². The minimum atomic E-state index is -0.109. The summed E-state index contributed by atoms with van der Waals surface area (Å²) in [6.45, 7) is 2.27. The Bertz CT molecular complexity index is 635. The van der Waals surface area contributed by atoms with Crippen molar-refractivity contribution in [3.63, 3.8) is 0 Å². The Kier molecular flexibility index (Phi) is 4.06. The van der Waals surface area contributed by atoms with Gasteiger partial charge in [-0.15, -0.1) is 5.10 Å². The number of nitrogens with zero attached hydrogens (tertiary/aromatic N) is 3. The first kappa shape index (κ1) is 14.3. The van der Waals surface area contributed by atoms with Crippen LogP contribution in [0, 0.1) is 5.92 Å². The van der Waals surface area contributed by atoms with Gasteiger partial charge >= 0.3 is 0 Å². The van der Waals surface area contributed by atoms with E-state index >= 15 is 0 Å². The first-order chi connectivity index (χ1) is 10.1. The normalized spacial score (nSPS) is 22.2. The number of carbonyl (C=O) groups is 1. The van der Waals surface area contributed by atoms with Crippen molar-refractivity contribution < 1.29 is 4.79 Å². The molecule has 0 aliphatic heterocycles. The molecule has 1 fully saturated rings. The molecule has 1 aromatic carbocycles. The molecule has 1 aliphatic rings. The van der Waals surface area contributed by atoms with Crippen molar-refractivity contribution in [3.8, 4) is 0 Å². The van der Waals surface area contributed by atoms with Crippen LogP contribution in [-0.2, 0) is 0 Å². The van der Waals surface area contributed by atoms with Crippen LogP contribution in [0.3, 0.4) is 0 Å². The van der Waals surface area contributed by atoms with Crippen LogP contribution >= 0.6 is 11.6 Å². The molecule has 0 radical (unpaired) electrons. The summed E-state index contributed by atoms with van der Waals surface area (Å²) in [5.41, 5.74) is 0.985. The fourth-order valence-electron chi connectivity index (χ4n) is 2.95. The third kappa shape index (κ3) is 3.16. The lowest BCUT2D eigenvalue weighted by Crippen LogP contribution is -2.18. The fraction of sp³-hybridized carbons (Fsp3) is 0.438. The van der Waals surface area contributed by atoms with Crippen molar-refractivity contribution >= 4 is 17.4 Å². The molecule has 2 aromatic rings. The monoisotopic (exact) mass is 303 g/mol. The summed E-state index contributed by atoms with van der Waals surface area (Å²) in [6, 6.07) is 7.22. The summed E-state index contributed by atoms with van der Waals surface area (Å²) in [5.74, 6) is 0.602. The Morgan fingerprint density at radius 2 is 2.05 bits per heavy atom. The van der Waals surface area contributed by atoms with Gasteiger partial charge in [0, 0.05) is 10.6 Å². The van der Waals surface area contributed by atoms with Gasteiger partial charge in [0.15, 0.2) is 5.69 Å². The SMILES string of the molecule is CC1CCCC(n2cc(C(=O)c3ccc(Cl)cc3)nn2)C1. The van der Waals surface area contributed by atoms with E-state index < -0.39 is 0 Å². The van der Waals surface area contributed by atoms with Crippen molar-refractivity contribution in [1.82, 2.24) is 15.0 Å². The Hall–Kier alpha value is -1.68. The van der Waals surface area contributed by atoms with Gasteiger partial charge in [0.2, 0.25) is 5.78 Å². The van der Waals surface area contributed by atoms with Crippen LogP contribution in [0.25, 0.3) is 0 Å². The molecule has 110 valence electrons. The summed E-state index contributed by atoms with van der Waals surface area (Å²) in [7, 11) is 0. The zero-order valence-electron chi connectivity index (χ0n) is 12.0. The van der Waals surface area contributed by atoms with E-state index in [9.17, 15) is 4.79 Å². The Labute approximate surface area is 129 Å². The number of hydrogen-bond acceptors (Lipinski definition) is 3. The van der Waals surface area contributed by atoms with Gasteiger partial charge in [-0.2, -0.15) is 0 Å². The van der Waals surface area contributed by atoms with Gasteiger partial charge in [-0.25, -0.2) is 4.68 Å². The molecule has 0 spiro atoms. The zero-order valence-corrected chi connectivity index (χ0v) is 12.8. The minimum absolute atomic E-state index is 0.109. The summed E-state index contributed by atoms with van der Waals surface area (Å²) < 4.78 is 1.86. The lowest BCUT2D eigenvalue weighted by atomic mass is 9.87. The second-order valence-corrected chi connectivity index (χ2v) is 6.28. The van der Waals surface area contributed by atoms with Crippen molar-refractivity contribution in [1.29, 1.82) is 0 Å². The molecular formula is C16H18ClN3O. The van der Waals surface area contributed by atoms with Gasteiger partial charge in [0.05, 0.1) is 12.2 Å². The highest BCUT2D eigenvalue weighted by Crippen LogP contribution is 2.31. The highest BCUT2D eigenvalue weighted by atomic mass is 35.5. The summed E-state index contributed by atoms with van der Waals surface area (Å²) in [5, 5.41) is 8.82. The van der Waals surface area contributed by atoms with Crippen LogP contribution < -0.4 is 0 Å². The number of aromatic nitrogens is 3. The second kappa shape index (κ2) is 5.98. The van der Waals surface area contributed by atoms with Gasteiger partial charge in [-0.3, -0.25) is 4.79 Å². The molecule has 2 unspecified atom stereocenters. The molecule has 1 aromatic heterocycles. The third-order valence-corrected chi connectivity index (χ3v) is 4.38. The average molecular weight is 304 g/mol. The van der Waals surface area contributed by atoms with Crippen molar-refractivity contribution in [2.24, 2.45) is 5.92 Å². The van der Waals surface area contributed by atoms with E-state index in [0.29, 0.717) is 28.2 Å². The number of halogens is 1. The Morgan fingerprint density at radius 1 is 1.29 bits per heavy atom. The quantitative estimate of drug-likeness (QED) is 0.808. The molecule has 3 rings (SSSR count). The Balaban J connectivity index is 1.78. The summed E-state index contributed by atoms with van der Waals surface area (Å²) in [6.07, 6.45) is 6.49. The fourth-order valence-corrected chi connectivity index (χ4v) is 3.08. The van der Waals surface area contributed by atoms with Crippen LogP contribution in [0.15, 0.2) is 30.5 Å². The van der Waals surface area contributed by atoms with Crippen molar-refractivity contribution in [2.75, 3.05) is 0 Å². The molecule has 4 nitrogen and oxygen atoms in total. The molecule has 0 amide bonds. The second-order valence-electron chi connectivity index (χ2n) is 5.85. The lowest BCUT2D eigenvalue weighted by molar-refractivity contribution is 0.103. The number of rotatable bonds is 3. The van der Waals surface area contributed by atoms with E-state index in [2.05, 4.69) is 17.2 Å². The molecule has 1 heterocycles. The van der Waals surface area contributed by atoms with E-state index in [1.165, 1.54) is 12.8 Å². The maximum Gasteiger partial charge on any atom is 0.214 e. The Morgan fingerprint density at radius 3 is 2.76 bits per heavy atom. The predicted molar refractivity (Wildman–Crippen MR) is 81.6 cm³/mol. The highest BCUT2D eigenvalue weighted by Gasteiger charge is 2.22. The topological polar surface area (TPSA) is 47.8 Å². The van der Waals surface area contributed by atoms with E-state index in [0.717, 1.165) is 12.8 Å². The van der Waals surface area contributed by atoms with E-state index in [4.69, 9.17) is 11.6 Å². The van der Waals surface area contributed by atoms with E-state index in [1.807, 2.05) is 4.68 Å². The molecule has 1 saturated carbocycles. The molecule has 1 aliphatic carbocycles. The van der Waals surface area contributed by atoms with Crippen LogP contribution in [0.2, 0.25) is 5.02 Å². The number of carbonyl (C=O) groups excluding carboxylic acids is 1. The third-order valence-electron chi connectivity index (χ3n) is 4.13. The molecule has 0 N–H and O–H groups in total. The van der Waals surface area contributed by atoms with Crippen LogP contribution in [-0.4, -0.2) is 20.8 Å². The van der Waals surface area contributed by atoms with E-state index in [1.54, 1.807) is 30.5 Å². The first-order valence-corrected chi connectivity index (χ1v) is 7.73. The van der Waals surface area contributed by atoms with Gasteiger partial charge in [-0.1, -0.05) is 36.6 Å². The maximum atomic E-state index is 12.4. The smallest absolute Gasteiger partial charge is 0.214 e.